The first kappa shape index (κ1) is 14.7. The fourth-order valence-corrected chi connectivity index (χ4v) is 2.58. The Bertz CT molecular complexity index is 837. The van der Waals surface area contributed by atoms with Crippen LogP contribution in [0.2, 0.25) is 0 Å². The summed E-state index contributed by atoms with van der Waals surface area (Å²) in [6.07, 6.45) is 0.181. The Morgan fingerprint density at radius 3 is 2.96 bits per heavy atom. The summed E-state index contributed by atoms with van der Waals surface area (Å²) in [4.78, 5) is 12.1. The number of hydrogen-bond donors (Lipinski definition) is 4. The molecule has 4 heterocycles. The van der Waals surface area contributed by atoms with E-state index >= 15 is 0 Å². The molecule has 12 nitrogen and oxygen atoms in total. The quantitative estimate of drug-likeness (QED) is 0.428. The van der Waals surface area contributed by atoms with Crippen molar-refractivity contribution in [1.82, 2.24) is 34.9 Å². The number of fused-ring (bicyclic) bond motifs is 1. The molecule has 3 aromatic rings. The molecule has 0 aromatic carbocycles. The molecule has 3 aromatic heterocycles. The molecule has 0 radical (unpaired) electrons. The number of nitrogens with one attached hydrogen (secondary N) is 1. The normalized spacial score (nSPS) is 26.9. The minimum atomic E-state index is -1.19. The Balaban J connectivity index is 1.56. The molecule has 0 saturated carbocycles. The Labute approximate surface area is 134 Å². The summed E-state index contributed by atoms with van der Waals surface area (Å²) >= 11 is 0. The Kier molecular flexibility index (Phi) is 3.48. The lowest BCUT2D eigenvalue weighted by Crippen LogP contribution is -2.34. The van der Waals surface area contributed by atoms with E-state index in [4.69, 9.17) is 15.2 Å². The summed E-state index contributed by atoms with van der Waals surface area (Å²) in [7, 11) is 0. The molecule has 1 aliphatic rings. The van der Waals surface area contributed by atoms with E-state index < -0.39 is 24.5 Å². The summed E-state index contributed by atoms with van der Waals surface area (Å²) in [6, 6.07) is 0. The summed E-state index contributed by atoms with van der Waals surface area (Å²) in [5.41, 5.74) is 6.54. The van der Waals surface area contributed by atoms with Crippen molar-refractivity contribution in [3.63, 3.8) is 0 Å². The molecule has 0 amide bonds. The number of aliphatic hydroxyl groups excluding tert-OH is 2. The van der Waals surface area contributed by atoms with E-state index in [-0.39, 0.29) is 18.3 Å². The minimum absolute atomic E-state index is 0.00892. The molecule has 0 aliphatic carbocycles. The topological polar surface area (TPSA) is 170 Å². The molecule has 0 bridgehead atoms. The van der Waals surface area contributed by atoms with Crippen LogP contribution in [0.4, 0.5) is 5.82 Å². The number of hydrogen-bond acceptors (Lipinski definition) is 10. The molecule has 0 spiro atoms. The van der Waals surface area contributed by atoms with Gasteiger partial charge in [0.15, 0.2) is 17.7 Å². The van der Waals surface area contributed by atoms with Gasteiger partial charge in [-0.25, -0.2) is 15.0 Å². The Morgan fingerprint density at radius 1 is 1.29 bits per heavy atom. The lowest BCUT2D eigenvalue weighted by Gasteiger charge is -2.16. The van der Waals surface area contributed by atoms with E-state index in [0.29, 0.717) is 11.2 Å². The number of ether oxygens (including phenoxy) is 2. The number of aromatic amines is 1. The first-order valence-corrected chi connectivity index (χ1v) is 7.09. The van der Waals surface area contributed by atoms with Crippen molar-refractivity contribution < 1.29 is 19.7 Å². The van der Waals surface area contributed by atoms with Gasteiger partial charge in [-0.3, -0.25) is 9.67 Å². The molecule has 24 heavy (non-hydrogen) atoms. The van der Waals surface area contributed by atoms with Gasteiger partial charge in [-0.15, -0.1) is 0 Å². The van der Waals surface area contributed by atoms with E-state index in [1.54, 1.807) is 0 Å². The third-order valence-corrected chi connectivity index (χ3v) is 3.79. The summed E-state index contributed by atoms with van der Waals surface area (Å²) < 4.78 is 12.6. The van der Waals surface area contributed by atoms with Crippen LogP contribution in [0.1, 0.15) is 6.23 Å². The van der Waals surface area contributed by atoms with Crippen LogP contribution >= 0.6 is 0 Å². The molecule has 0 unspecified atom stereocenters. The van der Waals surface area contributed by atoms with E-state index in [9.17, 15) is 10.2 Å². The summed E-state index contributed by atoms with van der Waals surface area (Å²) in [6.45, 7) is -0.00892. The van der Waals surface area contributed by atoms with Crippen molar-refractivity contribution in [2.45, 2.75) is 24.5 Å². The monoisotopic (exact) mass is 334 g/mol. The molecule has 12 heteroatoms. The standard InChI is InChI=1S/C12H14N8O4/c13-10-7-11(15-3-14-10)20(4-16-7)12-9(22)8(21)5(24-12)2-23-6-1-17-19-18-6/h1,3-5,8-9,12,21-22H,2H2,(H2,13,14,15)(H,17,18,19)/t5-,8-,9-,12-/m1/s1. The summed E-state index contributed by atoms with van der Waals surface area (Å²) in [5.74, 6) is 0.482. The zero-order valence-corrected chi connectivity index (χ0v) is 12.2. The van der Waals surface area contributed by atoms with Crippen molar-refractivity contribution in [3.8, 4) is 5.88 Å². The van der Waals surface area contributed by atoms with Gasteiger partial charge in [0, 0.05) is 0 Å². The average molecular weight is 334 g/mol. The molecule has 4 rings (SSSR count). The van der Waals surface area contributed by atoms with Gasteiger partial charge in [0.2, 0.25) is 0 Å². The zero-order valence-electron chi connectivity index (χ0n) is 12.2. The number of imidazole rings is 1. The lowest BCUT2D eigenvalue weighted by atomic mass is 10.1. The number of nitrogens with two attached hydrogens (primary N) is 1. The number of aliphatic hydroxyl groups is 2. The number of rotatable bonds is 4. The van der Waals surface area contributed by atoms with Gasteiger partial charge in [0.05, 0.1) is 12.5 Å². The number of H-pyrrole nitrogens is 1. The number of anilines is 1. The predicted molar refractivity (Wildman–Crippen MR) is 77.5 cm³/mol. The zero-order chi connectivity index (χ0) is 16.7. The molecule has 1 saturated heterocycles. The van der Waals surface area contributed by atoms with E-state index in [1.807, 2.05) is 0 Å². The van der Waals surface area contributed by atoms with Crippen LogP contribution in [0.15, 0.2) is 18.9 Å². The van der Waals surface area contributed by atoms with Crippen LogP contribution in [-0.4, -0.2) is 70.1 Å². The highest BCUT2D eigenvalue weighted by molar-refractivity contribution is 5.81. The first-order chi connectivity index (χ1) is 11.6. The van der Waals surface area contributed by atoms with Gasteiger partial charge in [-0.05, 0) is 0 Å². The lowest BCUT2D eigenvalue weighted by molar-refractivity contribution is -0.0479. The number of aromatic nitrogens is 7. The Hall–Kier alpha value is -2.83. The smallest absolute Gasteiger partial charge is 0.253 e. The van der Waals surface area contributed by atoms with Crippen LogP contribution in [-0.2, 0) is 4.74 Å². The highest BCUT2D eigenvalue weighted by Crippen LogP contribution is 2.32. The van der Waals surface area contributed by atoms with Crippen molar-refractivity contribution in [3.05, 3.63) is 18.9 Å². The second-order valence-corrected chi connectivity index (χ2v) is 5.25. The molecule has 1 fully saturated rings. The van der Waals surface area contributed by atoms with Crippen molar-refractivity contribution in [2.75, 3.05) is 12.3 Å². The molecule has 126 valence electrons. The fraction of sp³-hybridized carbons (Fsp3) is 0.417. The maximum absolute atomic E-state index is 10.3. The fourth-order valence-electron chi connectivity index (χ4n) is 2.58. The average Bonchev–Trinajstić information content (AvgIpc) is 3.28. The second kappa shape index (κ2) is 5.67. The highest BCUT2D eigenvalue weighted by atomic mass is 16.6. The van der Waals surface area contributed by atoms with E-state index in [0.717, 1.165) is 0 Å². The number of nitrogen functional groups attached to an aromatic ring is 1. The molecular formula is C12H14N8O4. The minimum Gasteiger partial charge on any atom is -0.473 e. The predicted octanol–water partition coefficient (Wildman–Crippen LogP) is -1.78. The van der Waals surface area contributed by atoms with Crippen LogP contribution in [0.3, 0.4) is 0 Å². The van der Waals surface area contributed by atoms with Gasteiger partial charge >= 0.3 is 0 Å². The molecular weight excluding hydrogens is 320 g/mol. The highest BCUT2D eigenvalue weighted by Gasteiger charge is 2.44. The number of nitrogens with zero attached hydrogens (tertiary/aromatic N) is 6. The van der Waals surface area contributed by atoms with Crippen molar-refractivity contribution in [2.24, 2.45) is 0 Å². The van der Waals surface area contributed by atoms with Crippen LogP contribution in [0.5, 0.6) is 5.88 Å². The maximum Gasteiger partial charge on any atom is 0.253 e. The van der Waals surface area contributed by atoms with Gasteiger partial charge in [-0.2, -0.15) is 0 Å². The molecule has 5 N–H and O–H groups in total. The largest absolute Gasteiger partial charge is 0.473 e. The van der Waals surface area contributed by atoms with Gasteiger partial charge in [-0.1, -0.05) is 10.3 Å². The maximum atomic E-state index is 10.3. The third-order valence-electron chi connectivity index (χ3n) is 3.79. The Morgan fingerprint density at radius 2 is 2.17 bits per heavy atom. The second-order valence-electron chi connectivity index (χ2n) is 5.25. The van der Waals surface area contributed by atoms with E-state index in [2.05, 4.69) is 30.4 Å². The van der Waals surface area contributed by atoms with E-state index in [1.165, 1.54) is 23.4 Å². The van der Waals surface area contributed by atoms with Crippen molar-refractivity contribution >= 4 is 17.0 Å². The van der Waals surface area contributed by atoms with Crippen molar-refractivity contribution in [1.29, 1.82) is 0 Å². The molecule has 1 aliphatic heterocycles. The SMILES string of the molecule is Nc1ncnc2c1ncn2[C@@H]1O[C@H](COc2c[nH]nn2)[C@@H](O)[C@H]1O. The van der Waals surface area contributed by atoms with Gasteiger partial charge < -0.3 is 25.4 Å². The summed E-state index contributed by atoms with van der Waals surface area (Å²) in [5, 5.41) is 30.2. The van der Waals surface area contributed by atoms with Crippen LogP contribution < -0.4 is 10.5 Å². The first-order valence-electron chi connectivity index (χ1n) is 7.09. The van der Waals surface area contributed by atoms with Gasteiger partial charge in [0.25, 0.3) is 5.88 Å². The van der Waals surface area contributed by atoms with Gasteiger partial charge in [0.1, 0.15) is 36.8 Å². The van der Waals surface area contributed by atoms with Crippen LogP contribution in [0.25, 0.3) is 11.2 Å². The van der Waals surface area contributed by atoms with Crippen LogP contribution in [0, 0.1) is 0 Å². The third kappa shape index (κ3) is 2.33. The molecule has 4 atom stereocenters.